The normalized spacial score (nSPS) is 11.2. The molecule has 0 unspecified atom stereocenters. The summed E-state index contributed by atoms with van der Waals surface area (Å²) in [6.07, 6.45) is -4.47. The SMILES string of the molecule is COCCN(CCC(=O)NCc1cccc(C(F)(F)F)c1)C(=O)c1csc(Nc2cccc(C)c2)n1. The summed E-state index contributed by atoms with van der Waals surface area (Å²) in [4.78, 5) is 31.2. The molecule has 0 atom stereocenters. The molecule has 0 bridgehead atoms. The van der Waals surface area contributed by atoms with Crippen molar-refractivity contribution in [2.24, 2.45) is 0 Å². The number of thiazole rings is 1. The van der Waals surface area contributed by atoms with Crippen molar-refractivity contribution in [3.63, 3.8) is 0 Å². The van der Waals surface area contributed by atoms with E-state index in [9.17, 15) is 22.8 Å². The third-order valence-electron chi connectivity index (χ3n) is 5.20. The number of carbonyl (C=O) groups excluding carboxylic acids is 2. The largest absolute Gasteiger partial charge is 0.416 e. The van der Waals surface area contributed by atoms with E-state index in [4.69, 9.17) is 4.74 Å². The number of ether oxygens (including phenoxy) is 1. The number of benzene rings is 2. The standard InChI is InChI=1S/C25H27F3N4O3S/c1-17-5-3-8-20(13-17)30-24-31-21(16-36-24)23(34)32(11-12-35-2)10-9-22(33)29-15-18-6-4-7-19(14-18)25(26,27)28/h3-8,13-14,16H,9-12,15H2,1-2H3,(H,29,33)(H,30,31). The molecule has 2 N–H and O–H groups in total. The quantitative estimate of drug-likeness (QED) is 0.372. The number of rotatable bonds is 11. The van der Waals surface area contributed by atoms with Gasteiger partial charge in [-0.15, -0.1) is 11.3 Å². The maximum atomic E-state index is 13.0. The predicted molar refractivity (Wildman–Crippen MR) is 132 cm³/mol. The van der Waals surface area contributed by atoms with Crippen LogP contribution in [0, 0.1) is 6.92 Å². The molecule has 3 rings (SSSR count). The first-order chi connectivity index (χ1) is 17.2. The smallest absolute Gasteiger partial charge is 0.383 e. The number of nitrogens with zero attached hydrogens (tertiary/aromatic N) is 2. The van der Waals surface area contributed by atoms with Crippen LogP contribution in [0.25, 0.3) is 0 Å². The van der Waals surface area contributed by atoms with Crippen LogP contribution in [0.1, 0.15) is 33.6 Å². The number of anilines is 2. The molecule has 0 saturated carbocycles. The van der Waals surface area contributed by atoms with Crippen LogP contribution in [-0.4, -0.2) is 48.5 Å². The topological polar surface area (TPSA) is 83.6 Å². The van der Waals surface area contributed by atoms with Crippen LogP contribution in [0.2, 0.25) is 0 Å². The Hall–Kier alpha value is -3.44. The minimum absolute atomic E-state index is 0.0209. The van der Waals surface area contributed by atoms with Gasteiger partial charge in [0.2, 0.25) is 5.91 Å². The average molecular weight is 521 g/mol. The van der Waals surface area contributed by atoms with Crippen LogP contribution in [0.15, 0.2) is 53.9 Å². The second-order valence-corrected chi connectivity index (χ2v) is 8.90. The van der Waals surface area contributed by atoms with Crippen molar-refractivity contribution in [1.82, 2.24) is 15.2 Å². The zero-order valence-electron chi connectivity index (χ0n) is 19.9. The molecule has 0 spiro atoms. The van der Waals surface area contributed by atoms with E-state index < -0.39 is 11.7 Å². The molecule has 2 amide bonds. The van der Waals surface area contributed by atoms with Gasteiger partial charge in [-0.25, -0.2) is 4.98 Å². The lowest BCUT2D eigenvalue weighted by Crippen LogP contribution is -2.37. The lowest BCUT2D eigenvalue weighted by atomic mass is 10.1. The van der Waals surface area contributed by atoms with Gasteiger partial charge in [0.25, 0.3) is 5.91 Å². The first-order valence-electron chi connectivity index (χ1n) is 11.2. The van der Waals surface area contributed by atoms with Gasteiger partial charge in [0, 0.05) is 44.2 Å². The highest BCUT2D eigenvalue weighted by molar-refractivity contribution is 7.14. The molecule has 0 aliphatic rings. The van der Waals surface area contributed by atoms with E-state index in [0.717, 1.165) is 23.4 Å². The van der Waals surface area contributed by atoms with Crippen molar-refractivity contribution >= 4 is 34.0 Å². The number of methoxy groups -OCH3 is 1. The highest BCUT2D eigenvalue weighted by atomic mass is 32.1. The van der Waals surface area contributed by atoms with E-state index in [0.29, 0.717) is 10.7 Å². The van der Waals surface area contributed by atoms with Crippen LogP contribution in [-0.2, 0) is 22.3 Å². The Labute approximate surface area is 211 Å². The molecule has 0 fully saturated rings. The maximum Gasteiger partial charge on any atom is 0.416 e. The molecular formula is C25H27F3N4O3S. The van der Waals surface area contributed by atoms with Crippen molar-refractivity contribution < 1.29 is 27.5 Å². The summed E-state index contributed by atoms with van der Waals surface area (Å²) in [6, 6.07) is 12.5. The van der Waals surface area contributed by atoms with Crippen molar-refractivity contribution in [3.8, 4) is 0 Å². The molecule has 3 aromatic rings. The average Bonchev–Trinajstić information content (AvgIpc) is 3.30. The number of amides is 2. The van der Waals surface area contributed by atoms with E-state index in [1.54, 1.807) is 5.38 Å². The van der Waals surface area contributed by atoms with Crippen LogP contribution < -0.4 is 10.6 Å². The molecule has 36 heavy (non-hydrogen) atoms. The van der Waals surface area contributed by atoms with Gasteiger partial charge in [0.15, 0.2) is 5.13 Å². The number of carbonyl (C=O) groups is 2. The van der Waals surface area contributed by atoms with E-state index in [1.165, 1.54) is 35.5 Å². The molecule has 0 saturated heterocycles. The molecule has 2 aromatic carbocycles. The lowest BCUT2D eigenvalue weighted by Gasteiger charge is -2.21. The minimum Gasteiger partial charge on any atom is -0.383 e. The maximum absolute atomic E-state index is 13.0. The van der Waals surface area contributed by atoms with Crippen LogP contribution in [0.5, 0.6) is 0 Å². The molecule has 11 heteroatoms. The van der Waals surface area contributed by atoms with Gasteiger partial charge in [-0.2, -0.15) is 13.2 Å². The molecule has 0 radical (unpaired) electrons. The number of aromatic nitrogens is 1. The fourth-order valence-electron chi connectivity index (χ4n) is 3.34. The van der Waals surface area contributed by atoms with E-state index in [1.807, 2.05) is 31.2 Å². The second kappa shape index (κ2) is 12.5. The number of hydrogen-bond acceptors (Lipinski definition) is 6. The second-order valence-electron chi connectivity index (χ2n) is 8.04. The van der Waals surface area contributed by atoms with Crippen LogP contribution in [0.3, 0.4) is 0 Å². The van der Waals surface area contributed by atoms with Crippen molar-refractivity contribution in [1.29, 1.82) is 0 Å². The molecular weight excluding hydrogens is 493 g/mol. The Morgan fingerprint density at radius 2 is 1.89 bits per heavy atom. The number of nitrogens with one attached hydrogen (secondary N) is 2. The fourth-order valence-corrected chi connectivity index (χ4v) is 4.04. The molecule has 0 aliphatic heterocycles. The van der Waals surface area contributed by atoms with Gasteiger partial charge in [0.1, 0.15) is 5.69 Å². The highest BCUT2D eigenvalue weighted by Crippen LogP contribution is 2.29. The summed E-state index contributed by atoms with van der Waals surface area (Å²) >= 11 is 1.29. The first kappa shape index (κ1) is 27.2. The summed E-state index contributed by atoms with van der Waals surface area (Å²) in [7, 11) is 1.51. The monoisotopic (exact) mass is 520 g/mol. The summed E-state index contributed by atoms with van der Waals surface area (Å²) < 4.78 is 43.7. The predicted octanol–water partition coefficient (Wildman–Crippen LogP) is 5.01. The number of halogens is 3. The Bertz CT molecular complexity index is 1180. The van der Waals surface area contributed by atoms with Gasteiger partial charge in [0.05, 0.1) is 12.2 Å². The number of hydrogen-bond donors (Lipinski definition) is 2. The zero-order valence-corrected chi connectivity index (χ0v) is 20.7. The van der Waals surface area contributed by atoms with Gasteiger partial charge >= 0.3 is 6.18 Å². The summed E-state index contributed by atoms with van der Waals surface area (Å²) in [5, 5.41) is 7.99. The van der Waals surface area contributed by atoms with Crippen molar-refractivity contribution in [2.75, 3.05) is 32.1 Å². The number of alkyl halides is 3. The van der Waals surface area contributed by atoms with Gasteiger partial charge in [-0.05, 0) is 42.3 Å². The third-order valence-corrected chi connectivity index (χ3v) is 5.96. The molecule has 0 aliphatic carbocycles. The Morgan fingerprint density at radius 3 is 2.61 bits per heavy atom. The van der Waals surface area contributed by atoms with Gasteiger partial charge in [-0.3, -0.25) is 9.59 Å². The van der Waals surface area contributed by atoms with Crippen LogP contribution >= 0.6 is 11.3 Å². The Morgan fingerprint density at radius 1 is 1.11 bits per heavy atom. The van der Waals surface area contributed by atoms with Crippen molar-refractivity contribution in [2.45, 2.75) is 26.1 Å². The van der Waals surface area contributed by atoms with Gasteiger partial charge in [-0.1, -0.05) is 24.3 Å². The molecule has 192 valence electrons. The van der Waals surface area contributed by atoms with E-state index in [-0.39, 0.29) is 50.2 Å². The first-order valence-corrected chi connectivity index (χ1v) is 12.0. The molecule has 7 nitrogen and oxygen atoms in total. The Balaban J connectivity index is 1.57. The molecule has 1 aromatic heterocycles. The zero-order chi connectivity index (χ0) is 26.1. The van der Waals surface area contributed by atoms with Gasteiger partial charge < -0.3 is 20.3 Å². The van der Waals surface area contributed by atoms with Crippen molar-refractivity contribution in [3.05, 3.63) is 76.3 Å². The molecule has 1 heterocycles. The van der Waals surface area contributed by atoms with E-state index >= 15 is 0 Å². The summed E-state index contributed by atoms with van der Waals surface area (Å²) in [5.74, 6) is -0.728. The minimum atomic E-state index is -4.45. The highest BCUT2D eigenvalue weighted by Gasteiger charge is 2.30. The summed E-state index contributed by atoms with van der Waals surface area (Å²) in [6.45, 7) is 2.57. The van der Waals surface area contributed by atoms with Crippen LogP contribution in [0.4, 0.5) is 24.0 Å². The Kier molecular flexibility index (Phi) is 9.43. The summed E-state index contributed by atoms with van der Waals surface area (Å²) in [5.41, 5.74) is 1.75. The van der Waals surface area contributed by atoms with E-state index in [2.05, 4.69) is 15.6 Å². The lowest BCUT2D eigenvalue weighted by molar-refractivity contribution is -0.137. The third kappa shape index (κ3) is 8.06. The fraction of sp³-hybridized carbons (Fsp3) is 0.320. The number of aryl methyl sites for hydroxylation is 1.